The SMILES string of the molecule is Cc1cccc(C(=O)Oc2ccccc2/C=N/NC(=O)C(=O)Nc2ccc(F)cc2)c1. The van der Waals surface area contributed by atoms with Crippen LogP contribution in [-0.4, -0.2) is 24.0 Å². The van der Waals surface area contributed by atoms with Crippen LogP contribution in [0.5, 0.6) is 5.75 Å². The smallest absolute Gasteiger partial charge is 0.343 e. The van der Waals surface area contributed by atoms with Crippen molar-refractivity contribution < 1.29 is 23.5 Å². The van der Waals surface area contributed by atoms with Crippen molar-refractivity contribution in [2.75, 3.05) is 5.32 Å². The zero-order valence-electron chi connectivity index (χ0n) is 16.5. The van der Waals surface area contributed by atoms with Crippen molar-refractivity contribution in [3.05, 3.63) is 95.3 Å². The Morgan fingerprint density at radius 3 is 2.42 bits per heavy atom. The lowest BCUT2D eigenvalue weighted by atomic mass is 10.1. The minimum absolute atomic E-state index is 0.239. The van der Waals surface area contributed by atoms with E-state index in [4.69, 9.17) is 4.74 Å². The molecule has 3 aromatic rings. The predicted molar refractivity (Wildman–Crippen MR) is 113 cm³/mol. The zero-order chi connectivity index (χ0) is 22.2. The number of para-hydroxylation sites is 1. The van der Waals surface area contributed by atoms with Crippen LogP contribution in [0.4, 0.5) is 10.1 Å². The van der Waals surface area contributed by atoms with E-state index in [2.05, 4.69) is 15.8 Å². The first kappa shape index (κ1) is 21.4. The van der Waals surface area contributed by atoms with Crippen molar-refractivity contribution in [2.45, 2.75) is 6.92 Å². The molecule has 0 aliphatic heterocycles. The quantitative estimate of drug-likeness (QED) is 0.218. The second-order valence-corrected chi connectivity index (χ2v) is 6.46. The molecule has 0 spiro atoms. The van der Waals surface area contributed by atoms with Gasteiger partial charge in [0.05, 0.1) is 11.8 Å². The van der Waals surface area contributed by atoms with Gasteiger partial charge in [0, 0.05) is 11.3 Å². The van der Waals surface area contributed by atoms with E-state index in [1.165, 1.54) is 18.3 Å². The number of amides is 2. The molecule has 8 heteroatoms. The fourth-order valence-corrected chi connectivity index (χ4v) is 2.54. The van der Waals surface area contributed by atoms with E-state index in [-0.39, 0.29) is 11.4 Å². The molecule has 2 N–H and O–H groups in total. The summed E-state index contributed by atoms with van der Waals surface area (Å²) in [5.41, 5.74) is 4.09. The van der Waals surface area contributed by atoms with Crippen LogP contribution in [0.25, 0.3) is 0 Å². The first-order chi connectivity index (χ1) is 14.9. The first-order valence-electron chi connectivity index (χ1n) is 9.20. The number of carbonyl (C=O) groups is 3. The van der Waals surface area contributed by atoms with E-state index in [0.29, 0.717) is 11.1 Å². The summed E-state index contributed by atoms with van der Waals surface area (Å²) in [5, 5.41) is 6.05. The van der Waals surface area contributed by atoms with Gasteiger partial charge in [0.25, 0.3) is 0 Å². The number of ether oxygens (including phenoxy) is 1. The van der Waals surface area contributed by atoms with Crippen LogP contribution in [0.2, 0.25) is 0 Å². The molecule has 2 amide bonds. The lowest BCUT2D eigenvalue weighted by Gasteiger charge is -2.08. The number of nitrogens with zero attached hydrogens (tertiary/aromatic N) is 1. The molecule has 0 radical (unpaired) electrons. The maximum absolute atomic E-state index is 12.9. The number of hydrogen-bond donors (Lipinski definition) is 2. The number of carbonyl (C=O) groups excluding carboxylic acids is 3. The van der Waals surface area contributed by atoms with Crippen molar-refractivity contribution >= 4 is 29.7 Å². The molecule has 3 aromatic carbocycles. The van der Waals surface area contributed by atoms with Gasteiger partial charge in [-0.05, 0) is 55.5 Å². The summed E-state index contributed by atoms with van der Waals surface area (Å²) in [6, 6.07) is 18.5. The summed E-state index contributed by atoms with van der Waals surface area (Å²) in [5.74, 6) is -2.75. The van der Waals surface area contributed by atoms with E-state index in [9.17, 15) is 18.8 Å². The maximum atomic E-state index is 12.9. The molecule has 0 aliphatic rings. The number of halogens is 1. The highest BCUT2D eigenvalue weighted by atomic mass is 19.1. The third kappa shape index (κ3) is 6.07. The average Bonchev–Trinajstić information content (AvgIpc) is 2.76. The Labute approximate surface area is 177 Å². The van der Waals surface area contributed by atoms with E-state index < -0.39 is 23.6 Å². The van der Waals surface area contributed by atoms with Crippen molar-refractivity contribution in [2.24, 2.45) is 5.10 Å². The third-order valence-corrected chi connectivity index (χ3v) is 4.05. The van der Waals surface area contributed by atoms with Gasteiger partial charge in [-0.25, -0.2) is 14.6 Å². The van der Waals surface area contributed by atoms with E-state index in [1.807, 2.05) is 13.0 Å². The van der Waals surface area contributed by atoms with Crippen molar-refractivity contribution in [3.8, 4) is 5.75 Å². The molecule has 0 bridgehead atoms. The summed E-state index contributed by atoms with van der Waals surface area (Å²) < 4.78 is 18.3. The second-order valence-electron chi connectivity index (χ2n) is 6.46. The molecule has 156 valence electrons. The topological polar surface area (TPSA) is 96.9 Å². The van der Waals surface area contributed by atoms with Crippen LogP contribution in [0.3, 0.4) is 0 Å². The summed E-state index contributed by atoms with van der Waals surface area (Å²) in [6.45, 7) is 1.87. The Hall–Kier alpha value is -4.33. The second kappa shape index (κ2) is 9.93. The number of esters is 1. The van der Waals surface area contributed by atoms with Gasteiger partial charge in [-0.3, -0.25) is 9.59 Å². The van der Waals surface area contributed by atoms with Gasteiger partial charge in [0.15, 0.2) is 0 Å². The Morgan fingerprint density at radius 2 is 1.68 bits per heavy atom. The molecule has 3 rings (SSSR count). The fraction of sp³-hybridized carbons (Fsp3) is 0.0435. The molecule has 0 heterocycles. The molecule has 0 aromatic heterocycles. The number of nitrogens with one attached hydrogen (secondary N) is 2. The number of benzene rings is 3. The van der Waals surface area contributed by atoms with Crippen LogP contribution in [0, 0.1) is 12.7 Å². The van der Waals surface area contributed by atoms with Gasteiger partial charge >= 0.3 is 17.8 Å². The number of hydrazone groups is 1. The molecular formula is C23H18FN3O4. The minimum atomic E-state index is -1.02. The summed E-state index contributed by atoms with van der Waals surface area (Å²) in [7, 11) is 0. The Morgan fingerprint density at radius 1 is 0.935 bits per heavy atom. The molecule has 0 saturated carbocycles. The van der Waals surface area contributed by atoms with Gasteiger partial charge in [-0.2, -0.15) is 5.10 Å². The Kier molecular flexibility index (Phi) is 6.85. The highest BCUT2D eigenvalue weighted by Crippen LogP contribution is 2.18. The molecule has 0 aliphatic carbocycles. The third-order valence-electron chi connectivity index (χ3n) is 4.05. The van der Waals surface area contributed by atoms with Crippen LogP contribution in [-0.2, 0) is 9.59 Å². The first-order valence-corrected chi connectivity index (χ1v) is 9.20. The number of aryl methyl sites for hydroxylation is 1. The highest BCUT2D eigenvalue weighted by molar-refractivity contribution is 6.39. The van der Waals surface area contributed by atoms with Gasteiger partial charge in [0.1, 0.15) is 11.6 Å². The van der Waals surface area contributed by atoms with Crippen molar-refractivity contribution in [1.29, 1.82) is 0 Å². The van der Waals surface area contributed by atoms with E-state index >= 15 is 0 Å². The highest BCUT2D eigenvalue weighted by Gasteiger charge is 2.14. The normalized spacial score (nSPS) is 10.5. The number of anilines is 1. The van der Waals surface area contributed by atoms with E-state index in [1.54, 1.807) is 42.5 Å². The predicted octanol–water partition coefficient (Wildman–Crippen LogP) is 3.44. The monoisotopic (exact) mass is 419 g/mol. The van der Waals surface area contributed by atoms with Crippen LogP contribution in [0.1, 0.15) is 21.5 Å². The standard InChI is InChI=1S/C23H18FN3O4/c1-15-5-4-7-16(13-15)23(30)31-20-8-3-2-6-17(20)14-25-27-22(29)21(28)26-19-11-9-18(24)10-12-19/h2-14H,1H3,(H,26,28)(H,27,29)/b25-14+. The largest absolute Gasteiger partial charge is 0.422 e. The van der Waals surface area contributed by atoms with E-state index in [0.717, 1.165) is 17.7 Å². The Balaban J connectivity index is 1.62. The maximum Gasteiger partial charge on any atom is 0.343 e. The summed E-state index contributed by atoms with van der Waals surface area (Å²) in [4.78, 5) is 36.1. The molecule has 7 nitrogen and oxygen atoms in total. The number of hydrogen-bond acceptors (Lipinski definition) is 5. The van der Waals surface area contributed by atoms with Crippen molar-refractivity contribution in [1.82, 2.24) is 5.43 Å². The molecular weight excluding hydrogens is 401 g/mol. The van der Waals surface area contributed by atoms with Crippen LogP contribution in [0.15, 0.2) is 77.9 Å². The molecule has 0 atom stereocenters. The summed E-state index contributed by atoms with van der Waals surface area (Å²) in [6.07, 6.45) is 1.25. The molecule has 0 fully saturated rings. The van der Waals surface area contributed by atoms with Gasteiger partial charge in [0.2, 0.25) is 0 Å². The van der Waals surface area contributed by atoms with Gasteiger partial charge in [-0.1, -0.05) is 29.8 Å². The lowest BCUT2D eigenvalue weighted by molar-refractivity contribution is -0.136. The number of rotatable bonds is 5. The minimum Gasteiger partial charge on any atom is -0.422 e. The molecule has 0 unspecified atom stereocenters. The molecule has 0 saturated heterocycles. The van der Waals surface area contributed by atoms with Gasteiger partial charge < -0.3 is 10.1 Å². The van der Waals surface area contributed by atoms with Crippen molar-refractivity contribution in [3.63, 3.8) is 0 Å². The lowest BCUT2D eigenvalue weighted by Crippen LogP contribution is -2.32. The van der Waals surface area contributed by atoms with Crippen LogP contribution < -0.4 is 15.5 Å². The summed E-state index contributed by atoms with van der Waals surface area (Å²) >= 11 is 0. The fourth-order valence-electron chi connectivity index (χ4n) is 2.54. The Bertz CT molecular complexity index is 1140. The van der Waals surface area contributed by atoms with Crippen LogP contribution >= 0.6 is 0 Å². The average molecular weight is 419 g/mol. The molecule has 31 heavy (non-hydrogen) atoms. The van der Waals surface area contributed by atoms with Gasteiger partial charge in [-0.15, -0.1) is 0 Å². The zero-order valence-corrected chi connectivity index (χ0v) is 16.5.